The lowest BCUT2D eigenvalue weighted by Gasteiger charge is -2.08. The molecule has 0 spiro atoms. The molecule has 2 rings (SSSR count). The summed E-state index contributed by atoms with van der Waals surface area (Å²) >= 11 is 0. The molecule has 2 aromatic rings. The number of carbonyl (C=O) groups excluding carboxylic acids is 1. The highest BCUT2D eigenvalue weighted by atomic mass is 16.3. The van der Waals surface area contributed by atoms with Gasteiger partial charge in [0.1, 0.15) is 5.76 Å². The number of hydrogen-bond donors (Lipinski definition) is 1. The summed E-state index contributed by atoms with van der Waals surface area (Å²) in [5.74, 6) is 0.951. The van der Waals surface area contributed by atoms with Gasteiger partial charge in [-0.1, -0.05) is 23.8 Å². The number of amides is 1. The number of rotatable bonds is 7. The molecule has 0 fully saturated rings. The largest absolute Gasteiger partial charge is 0.469 e. The van der Waals surface area contributed by atoms with Crippen molar-refractivity contribution in [2.75, 3.05) is 6.54 Å². The molecule has 3 heteroatoms. The SMILES string of the molecule is Cc1ccc(CCCNC(=O)CCc2ccco2)c(C)c1. The summed E-state index contributed by atoms with van der Waals surface area (Å²) < 4.78 is 5.21. The van der Waals surface area contributed by atoms with E-state index in [9.17, 15) is 4.79 Å². The molecule has 0 aliphatic rings. The summed E-state index contributed by atoms with van der Waals surface area (Å²) in [6.45, 7) is 4.98. The van der Waals surface area contributed by atoms with Gasteiger partial charge in [0, 0.05) is 19.4 Å². The van der Waals surface area contributed by atoms with Gasteiger partial charge in [0.25, 0.3) is 0 Å². The first kappa shape index (κ1) is 15.4. The average Bonchev–Trinajstić information content (AvgIpc) is 2.96. The van der Waals surface area contributed by atoms with Crippen LogP contribution in [0.15, 0.2) is 41.0 Å². The van der Waals surface area contributed by atoms with E-state index in [2.05, 4.69) is 37.4 Å². The Balaban J connectivity index is 1.64. The van der Waals surface area contributed by atoms with Crippen LogP contribution in [0.2, 0.25) is 0 Å². The third-order valence-electron chi connectivity index (χ3n) is 3.62. The van der Waals surface area contributed by atoms with E-state index in [0.29, 0.717) is 12.8 Å². The van der Waals surface area contributed by atoms with Crippen molar-refractivity contribution in [3.63, 3.8) is 0 Å². The lowest BCUT2D eigenvalue weighted by Crippen LogP contribution is -2.24. The minimum absolute atomic E-state index is 0.0898. The zero-order valence-corrected chi connectivity index (χ0v) is 12.8. The van der Waals surface area contributed by atoms with Gasteiger partial charge in [-0.15, -0.1) is 0 Å². The van der Waals surface area contributed by atoms with Crippen LogP contribution in [0, 0.1) is 13.8 Å². The second-order valence-electron chi connectivity index (χ2n) is 5.46. The molecule has 3 nitrogen and oxygen atoms in total. The fourth-order valence-corrected chi connectivity index (χ4v) is 2.41. The Bertz CT molecular complexity index is 573. The predicted molar refractivity (Wildman–Crippen MR) is 84.3 cm³/mol. The molecule has 1 aromatic carbocycles. The molecule has 0 saturated carbocycles. The Morgan fingerprint density at radius 2 is 2.05 bits per heavy atom. The Morgan fingerprint density at radius 1 is 1.19 bits per heavy atom. The minimum atomic E-state index is 0.0898. The molecule has 1 aromatic heterocycles. The van der Waals surface area contributed by atoms with Crippen molar-refractivity contribution in [1.29, 1.82) is 0 Å². The number of benzene rings is 1. The summed E-state index contributed by atoms with van der Waals surface area (Å²) in [4.78, 5) is 11.7. The quantitative estimate of drug-likeness (QED) is 0.790. The highest BCUT2D eigenvalue weighted by Gasteiger charge is 2.04. The number of aryl methyl sites for hydroxylation is 4. The van der Waals surface area contributed by atoms with Crippen molar-refractivity contribution in [2.45, 2.75) is 39.5 Å². The molecule has 1 N–H and O–H groups in total. The van der Waals surface area contributed by atoms with E-state index in [1.54, 1.807) is 6.26 Å². The van der Waals surface area contributed by atoms with Gasteiger partial charge >= 0.3 is 0 Å². The van der Waals surface area contributed by atoms with E-state index >= 15 is 0 Å². The number of furan rings is 1. The maximum absolute atomic E-state index is 11.7. The minimum Gasteiger partial charge on any atom is -0.469 e. The zero-order valence-electron chi connectivity index (χ0n) is 12.8. The smallest absolute Gasteiger partial charge is 0.220 e. The molecule has 0 atom stereocenters. The third kappa shape index (κ3) is 5.10. The van der Waals surface area contributed by atoms with Gasteiger partial charge in [-0.3, -0.25) is 4.79 Å². The highest BCUT2D eigenvalue weighted by Crippen LogP contribution is 2.12. The first-order chi connectivity index (χ1) is 10.1. The monoisotopic (exact) mass is 285 g/mol. The summed E-state index contributed by atoms with van der Waals surface area (Å²) in [5, 5.41) is 2.97. The van der Waals surface area contributed by atoms with E-state index in [-0.39, 0.29) is 5.91 Å². The van der Waals surface area contributed by atoms with E-state index in [4.69, 9.17) is 4.42 Å². The Morgan fingerprint density at radius 3 is 2.76 bits per heavy atom. The third-order valence-corrected chi connectivity index (χ3v) is 3.62. The van der Waals surface area contributed by atoms with E-state index in [0.717, 1.165) is 25.1 Å². The fraction of sp³-hybridized carbons (Fsp3) is 0.389. The molecule has 0 aliphatic heterocycles. The molecular weight excluding hydrogens is 262 g/mol. The summed E-state index contributed by atoms with van der Waals surface area (Å²) in [5.41, 5.74) is 3.99. The molecule has 0 aliphatic carbocycles. The van der Waals surface area contributed by atoms with Crippen LogP contribution in [0.25, 0.3) is 0 Å². The van der Waals surface area contributed by atoms with Crippen molar-refractivity contribution in [1.82, 2.24) is 5.32 Å². The van der Waals surface area contributed by atoms with Crippen LogP contribution >= 0.6 is 0 Å². The van der Waals surface area contributed by atoms with Crippen LogP contribution in [0.3, 0.4) is 0 Å². The molecule has 1 heterocycles. The molecule has 0 unspecified atom stereocenters. The van der Waals surface area contributed by atoms with E-state index < -0.39 is 0 Å². The van der Waals surface area contributed by atoms with Crippen LogP contribution in [0.1, 0.15) is 35.3 Å². The molecule has 0 saturated heterocycles. The van der Waals surface area contributed by atoms with Crippen LogP contribution < -0.4 is 5.32 Å². The standard InChI is InChI=1S/C18H23NO2/c1-14-7-8-16(15(2)13-14)5-3-11-19-18(20)10-9-17-6-4-12-21-17/h4,6-8,12-13H,3,5,9-11H2,1-2H3,(H,19,20). The molecule has 112 valence electrons. The van der Waals surface area contributed by atoms with Gasteiger partial charge < -0.3 is 9.73 Å². The Hall–Kier alpha value is -2.03. The van der Waals surface area contributed by atoms with Crippen molar-refractivity contribution in [3.8, 4) is 0 Å². The van der Waals surface area contributed by atoms with Crippen molar-refractivity contribution in [3.05, 3.63) is 59.0 Å². The van der Waals surface area contributed by atoms with Crippen LogP contribution in [0.5, 0.6) is 0 Å². The van der Waals surface area contributed by atoms with Gasteiger partial charge in [0.2, 0.25) is 5.91 Å². The number of carbonyl (C=O) groups is 1. The fourth-order valence-electron chi connectivity index (χ4n) is 2.41. The molecule has 0 radical (unpaired) electrons. The average molecular weight is 285 g/mol. The number of hydrogen-bond acceptors (Lipinski definition) is 2. The van der Waals surface area contributed by atoms with Crippen molar-refractivity contribution < 1.29 is 9.21 Å². The van der Waals surface area contributed by atoms with Crippen LogP contribution in [0.4, 0.5) is 0 Å². The lowest BCUT2D eigenvalue weighted by atomic mass is 10.0. The number of nitrogens with one attached hydrogen (secondary N) is 1. The predicted octanol–water partition coefficient (Wildman–Crippen LogP) is 3.58. The zero-order chi connectivity index (χ0) is 15.1. The second kappa shape index (κ2) is 7.67. The van der Waals surface area contributed by atoms with Gasteiger partial charge in [-0.2, -0.15) is 0 Å². The molecular formula is C18H23NO2. The molecule has 1 amide bonds. The normalized spacial score (nSPS) is 10.6. The van der Waals surface area contributed by atoms with Gasteiger partial charge in [0.15, 0.2) is 0 Å². The highest BCUT2D eigenvalue weighted by molar-refractivity contribution is 5.76. The topological polar surface area (TPSA) is 42.2 Å². The molecule has 21 heavy (non-hydrogen) atoms. The van der Waals surface area contributed by atoms with Gasteiger partial charge in [-0.25, -0.2) is 0 Å². The van der Waals surface area contributed by atoms with Crippen molar-refractivity contribution >= 4 is 5.91 Å². The maximum Gasteiger partial charge on any atom is 0.220 e. The Labute approximate surface area is 126 Å². The first-order valence-corrected chi connectivity index (χ1v) is 7.50. The van der Waals surface area contributed by atoms with E-state index in [1.807, 2.05) is 12.1 Å². The van der Waals surface area contributed by atoms with Crippen LogP contribution in [-0.4, -0.2) is 12.5 Å². The van der Waals surface area contributed by atoms with E-state index in [1.165, 1.54) is 16.7 Å². The Kier molecular flexibility index (Phi) is 5.61. The lowest BCUT2D eigenvalue weighted by molar-refractivity contribution is -0.121. The summed E-state index contributed by atoms with van der Waals surface area (Å²) in [7, 11) is 0. The maximum atomic E-state index is 11.7. The second-order valence-corrected chi connectivity index (χ2v) is 5.46. The van der Waals surface area contributed by atoms with Crippen molar-refractivity contribution in [2.24, 2.45) is 0 Å². The summed E-state index contributed by atoms with van der Waals surface area (Å²) in [6, 6.07) is 10.3. The van der Waals surface area contributed by atoms with Gasteiger partial charge in [0.05, 0.1) is 6.26 Å². The van der Waals surface area contributed by atoms with Gasteiger partial charge in [-0.05, 0) is 49.9 Å². The van der Waals surface area contributed by atoms with Crippen LogP contribution in [-0.2, 0) is 17.6 Å². The summed E-state index contributed by atoms with van der Waals surface area (Å²) in [6.07, 6.45) is 4.76. The first-order valence-electron chi connectivity index (χ1n) is 7.50. The molecule has 0 bridgehead atoms.